The Bertz CT molecular complexity index is 470. The highest BCUT2D eigenvalue weighted by Gasteiger charge is 2.28. The maximum atomic E-state index is 4.91. The maximum absolute atomic E-state index is 4.91. The molecule has 1 heterocycles. The summed E-state index contributed by atoms with van der Waals surface area (Å²) in [6.07, 6.45) is 2.61. The van der Waals surface area contributed by atoms with E-state index in [0.29, 0.717) is 12.0 Å². The fourth-order valence-corrected chi connectivity index (χ4v) is 2.39. The van der Waals surface area contributed by atoms with Crippen LogP contribution in [0.25, 0.3) is 0 Å². The van der Waals surface area contributed by atoms with Gasteiger partial charge in [-0.25, -0.2) is 4.98 Å². The Morgan fingerprint density at radius 2 is 1.95 bits per heavy atom. The van der Waals surface area contributed by atoms with Crippen molar-refractivity contribution in [3.63, 3.8) is 0 Å². The van der Waals surface area contributed by atoms with Crippen molar-refractivity contribution in [2.24, 2.45) is 5.92 Å². The lowest BCUT2D eigenvalue weighted by Gasteiger charge is -2.24. The van der Waals surface area contributed by atoms with Crippen LogP contribution in [0.15, 0.2) is 12.1 Å². The van der Waals surface area contributed by atoms with Crippen molar-refractivity contribution in [1.82, 2.24) is 10.3 Å². The lowest BCUT2D eigenvalue weighted by atomic mass is 9.90. The lowest BCUT2D eigenvalue weighted by Crippen LogP contribution is -2.25. The van der Waals surface area contributed by atoms with Crippen molar-refractivity contribution in [3.05, 3.63) is 23.4 Å². The zero-order chi connectivity index (χ0) is 15.6. The standard InChI is InChI=1S/C18H31N3/c1-13(2)11-19-12-14-9-16(18(3,4)5)20-17(10-14)21(6)15-7-8-15/h9-10,13,15,19H,7-8,11-12H2,1-6H3. The number of hydrogen-bond acceptors (Lipinski definition) is 3. The first kappa shape index (κ1) is 16.3. The molecule has 0 unspecified atom stereocenters. The first-order valence-corrected chi connectivity index (χ1v) is 8.22. The first-order valence-electron chi connectivity index (χ1n) is 8.22. The van der Waals surface area contributed by atoms with E-state index in [2.05, 4.69) is 64.0 Å². The van der Waals surface area contributed by atoms with Crippen LogP contribution < -0.4 is 10.2 Å². The number of nitrogens with one attached hydrogen (secondary N) is 1. The highest BCUT2D eigenvalue weighted by atomic mass is 15.2. The largest absolute Gasteiger partial charge is 0.357 e. The summed E-state index contributed by atoms with van der Waals surface area (Å²) in [4.78, 5) is 7.26. The normalized spacial score (nSPS) is 15.6. The minimum atomic E-state index is 0.0905. The van der Waals surface area contributed by atoms with Gasteiger partial charge in [-0.2, -0.15) is 0 Å². The van der Waals surface area contributed by atoms with Gasteiger partial charge in [0.2, 0.25) is 0 Å². The van der Waals surface area contributed by atoms with Crippen molar-refractivity contribution in [1.29, 1.82) is 0 Å². The van der Waals surface area contributed by atoms with Crippen molar-refractivity contribution < 1.29 is 0 Å². The molecule has 1 fully saturated rings. The van der Waals surface area contributed by atoms with Crippen molar-refractivity contribution in [2.45, 2.75) is 65.5 Å². The Kier molecular flexibility index (Phi) is 4.92. The quantitative estimate of drug-likeness (QED) is 0.865. The van der Waals surface area contributed by atoms with Gasteiger partial charge in [0.25, 0.3) is 0 Å². The molecule has 0 aliphatic heterocycles. The van der Waals surface area contributed by atoms with Crippen LogP contribution in [-0.4, -0.2) is 24.6 Å². The van der Waals surface area contributed by atoms with E-state index >= 15 is 0 Å². The van der Waals surface area contributed by atoms with E-state index in [0.717, 1.165) is 18.9 Å². The molecule has 0 atom stereocenters. The average molecular weight is 289 g/mol. The second-order valence-electron chi connectivity index (χ2n) is 7.84. The molecule has 21 heavy (non-hydrogen) atoms. The monoisotopic (exact) mass is 289 g/mol. The summed E-state index contributed by atoms with van der Waals surface area (Å²) >= 11 is 0. The van der Waals surface area contributed by atoms with Crippen LogP contribution >= 0.6 is 0 Å². The van der Waals surface area contributed by atoms with E-state index in [1.807, 2.05) is 0 Å². The minimum absolute atomic E-state index is 0.0905. The van der Waals surface area contributed by atoms with Crippen molar-refractivity contribution in [3.8, 4) is 0 Å². The predicted octanol–water partition coefficient (Wildman–Crippen LogP) is 3.72. The fraction of sp³-hybridized carbons (Fsp3) is 0.722. The molecule has 1 aromatic heterocycles. The molecule has 3 heteroatoms. The second kappa shape index (κ2) is 6.35. The van der Waals surface area contributed by atoms with Gasteiger partial charge in [-0.15, -0.1) is 0 Å². The molecule has 3 nitrogen and oxygen atoms in total. The zero-order valence-electron chi connectivity index (χ0n) is 14.5. The van der Waals surface area contributed by atoms with E-state index < -0.39 is 0 Å². The Hall–Kier alpha value is -1.09. The summed E-state index contributed by atoms with van der Waals surface area (Å²) in [5.41, 5.74) is 2.62. The predicted molar refractivity (Wildman–Crippen MR) is 90.9 cm³/mol. The van der Waals surface area contributed by atoms with Crippen LogP contribution in [0.2, 0.25) is 0 Å². The summed E-state index contributed by atoms with van der Waals surface area (Å²) < 4.78 is 0. The number of hydrogen-bond donors (Lipinski definition) is 1. The van der Waals surface area contributed by atoms with E-state index in [9.17, 15) is 0 Å². The molecule has 1 aliphatic rings. The first-order chi connectivity index (χ1) is 9.77. The Morgan fingerprint density at radius 3 is 2.48 bits per heavy atom. The lowest BCUT2D eigenvalue weighted by molar-refractivity contribution is 0.546. The molecular weight excluding hydrogens is 258 g/mol. The van der Waals surface area contributed by atoms with Crippen LogP contribution in [0, 0.1) is 5.92 Å². The van der Waals surface area contributed by atoms with Gasteiger partial charge in [-0.1, -0.05) is 34.6 Å². The number of pyridine rings is 1. The molecule has 118 valence electrons. The van der Waals surface area contributed by atoms with Crippen molar-refractivity contribution >= 4 is 5.82 Å². The number of anilines is 1. The summed E-state index contributed by atoms with van der Waals surface area (Å²) in [5, 5.41) is 3.54. The van der Waals surface area contributed by atoms with Gasteiger partial charge in [-0.3, -0.25) is 0 Å². The average Bonchev–Trinajstić information content (AvgIpc) is 3.20. The van der Waals surface area contributed by atoms with Gasteiger partial charge in [-0.05, 0) is 43.0 Å². The molecule has 0 radical (unpaired) electrons. The molecule has 0 aromatic carbocycles. The van der Waals surface area contributed by atoms with Gasteiger partial charge >= 0.3 is 0 Å². The minimum Gasteiger partial charge on any atom is -0.357 e. The number of nitrogens with zero attached hydrogens (tertiary/aromatic N) is 2. The maximum Gasteiger partial charge on any atom is 0.129 e. The van der Waals surface area contributed by atoms with Crippen LogP contribution in [0.1, 0.15) is 58.7 Å². The van der Waals surface area contributed by atoms with Crippen LogP contribution in [0.5, 0.6) is 0 Å². The highest BCUT2D eigenvalue weighted by Crippen LogP contribution is 2.31. The van der Waals surface area contributed by atoms with E-state index in [1.54, 1.807) is 0 Å². The van der Waals surface area contributed by atoms with Crippen LogP contribution in [0.4, 0.5) is 5.82 Å². The van der Waals surface area contributed by atoms with E-state index in [1.165, 1.54) is 24.1 Å². The van der Waals surface area contributed by atoms with Gasteiger partial charge in [0.15, 0.2) is 0 Å². The van der Waals surface area contributed by atoms with Gasteiger partial charge in [0.1, 0.15) is 5.82 Å². The Labute approximate surface area is 130 Å². The second-order valence-corrected chi connectivity index (χ2v) is 7.84. The van der Waals surface area contributed by atoms with Gasteiger partial charge in [0, 0.05) is 30.7 Å². The molecule has 1 saturated carbocycles. The van der Waals surface area contributed by atoms with E-state index in [-0.39, 0.29) is 5.41 Å². The Morgan fingerprint density at radius 1 is 1.29 bits per heavy atom. The molecule has 0 bridgehead atoms. The third-order valence-corrected chi connectivity index (χ3v) is 3.98. The molecule has 2 rings (SSSR count). The molecule has 1 N–H and O–H groups in total. The highest BCUT2D eigenvalue weighted by molar-refractivity contribution is 5.45. The van der Waals surface area contributed by atoms with Gasteiger partial charge < -0.3 is 10.2 Å². The Balaban J connectivity index is 2.19. The fourth-order valence-electron chi connectivity index (χ4n) is 2.39. The SMILES string of the molecule is CC(C)CNCc1cc(N(C)C2CC2)nc(C(C)(C)C)c1. The van der Waals surface area contributed by atoms with Crippen molar-refractivity contribution in [2.75, 3.05) is 18.5 Å². The summed E-state index contributed by atoms with van der Waals surface area (Å²) in [6.45, 7) is 13.2. The molecule has 1 aliphatic carbocycles. The van der Waals surface area contributed by atoms with Crippen LogP contribution in [-0.2, 0) is 12.0 Å². The summed E-state index contributed by atoms with van der Waals surface area (Å²) in [5.74, 6) is 1.81. The van der Waals surface area contributed by atoms with Gasteiger partial charge in [0.05, 0.1) is 0 Å². The number of rotatable bonds is 6. The summed E-state index contributed by atoms with van der Waals surface area (Å²) in [6, 6.07) is 5.21. The molecule has 0 saturated heterocycles. The number of aromatic nitrogens is 1. The topological polar surface area (TPSA) is 28.2 Å². The van der Waals surface area contributed by atoms with Crippen LogP contribution in [0.3, 0.4) is 0 Å². The smallest absolute Gasteiger partial charge is 0.129 e. The zero-order valence-corrected chi connectivity index (χ0v) is 14.5. The molecule has 1 aromatic rings. The third-order valence-electron chi connectivity index (χ3n) is 3.98. The van der Waals surface area contributed by atoms with E-state index in [4.69, 9.17) is 4.98 Å². The molecule has 0 amide bonds. The summed E-state index contributed by atoms with van der Waals surface area (Å²) in [7, 11) is 2.18. The molecule has 0 spiro atoms. The third kappa shape index (κ3) is 4.70. The molecular formula is C18H31N3.